The summed E-state index contributed by atoms with van der Waals surface area (Å²) in [7, 11) is 1.36. The molecule has 0 saturated carbocycles. The summed E-state index contributed by atoms with van der Waals surface area (Å²) in [6.07, 6.45) is 1.62. The molecular weight excluding hydrogens is 347 g/mol. The molecule has 0 amide bonds. The highest BCUT2D eigenvalue weighted by Crippen LogP contribution is 2.36. The van der Waals surface area contributed by atoms with Crippen molar-refractivity contribution in [1.82, 2.24) is 4.98 Å². The van der Waals surface area contributed by atoms with Crippen LogP contribution in [-0.4, -0.2) is 51.0 Å². The molecule has 3 rings (SSSR count). The highest BCUT2D eigenvalue weighted by atomic mass is 32.1. The minimum Gasteiger partial charge on any atom is -0.488 e. The number of nitrogens with zero attached hydrogens (tertiary/aromatic N) is 2. The zero-order chi connectivity index (χ0) is 17.6. The molecular formula is C17H21FN2O4S. The van der Waals surface area contributed by atoms with Gasteiger partial charge in [0.2, 0.25) is 0 Å². The van der Waals surface area contributed by atoms with Crippen molar-refractivity contribution in [2.45, 2.75) is 19.3 Å². The third-order valence-electron chi connectivity index (χ3n) is 3.99. The summed E-state index contributed by atoms with van der Waals surface area (Å²) in [6.45, 7) is 3.25. The molecule has 1 aromatic heterocycles. The van der Waals surface area contributed by atoms with Crippen LogP contribution in [-0.2, 0) is 14.3 Å². The molecule has 0 radical (unpaired) electrons. The highest BCUT2D eigenvalue weighted by Gasteiger charge is 2.19. The maximum absolute atomic E-state index is 14.2. The Morgan fingerprint density at radius 1 is 1.36 bits per heavy atom. The third-order valence-corrected chi connectivity index (χ3v) is 5.07. The van der Waals surface area contributed by atoms with Crippen molar-refractivity contribution in [3.8, 4) is 5.75 Å². The first-order valence-corrected chi connectivity index (χ1v) is 9.12. The van der Waals surface area contributed by atoms with Crippen LogP contribution in [0.5, 0.6) is 5.75 Å². The number of benzene rings is 1. The van der Waals surface area contributed by atoms with Gasteiger partial charge in [0.25, 0.3) is 0 Å². The van der Waals surface area contributed by atoms with Crippen molar-refractivity contribution < 1.29 is 23.4 Å². The Morgan fingerprint density at radius 3 is 2.92 bits per heavy atom. The molecule has 0 unspecified atom stereocenters. The number of ether oxygens (including phenoxy) is 3. The van der Waals surface area contributed by atoms with Gasteiger partial charge in [-0.2, -0.15) is 0 Å². The van der Waals surface area contributed by atoms with Gasteiger partial charge in [0, 0.05) is 19.5 Å². The van der Waals surface area contributed by atoms with Gasteiger partial charge in [-0.25, -0.2) is 9.37 Å². The fourth-order valence-electron chi connectivity index (χ4n) is 2.61. The Kier molecular flexibility index (Phi) is 6.04. The lowest BCUT2D eigenvalue weighted by atomic mass is 10.2. The van der Waals surface area contributed by atoms with Crippen molar-refractivity contribution in [1.29, 1.82) is 0 Å². The number of hydrogen-bond acceptors (Lipinski definition) is 7. The van der Waals surface area contributed by atoms with Gasteiger partial charge in [0.1, 0.15) is 5.52 Å². The van der Waals surface area contributed by atoms with Gasteiger partial charge in [-0.15, -0.1) is 0 Å². The molecule has 0 atom stereocenters. The number of carbonyl (C=O) groups is 1. The Labute approximate surface area is 149 Å². The Hall–Kier alpha value is -1.93. The van der Waals surface area contributed by atoms with Gasteiger partial charge in [-0.1, -0.05) is 11.3 Å². The molecule has 1 fully saturated rings. The largest absolute Gasteiger partial charge is 0.488 e. The van der Waals surface area contributed by atoms with Crippen LogP contribution in [0.4, 0.5) is 9.52 Å². The lowest BCUT2D eigenvalue weighted by Gasteiger charge is -2.25. The van der Waals surface area contributed by atoms with E-state index < -0.39 is 5.82 Å². The van der Waals surface area contributed by atoms with E-state index in [-0.39, 0.29) is 11.7 Å². The van der Waals surface area contributed by atoms with Crippen molar-refractivity contribution in [2.75, 3.05) is 44.9 Å². The fourth-order valence-corrected chi connectivity index (χ4v) is 3.62. The lowest BCUT2D eigenvalue weighted by molar-refractivity contribution is -0.140. The number of carbonyl (C=O) groups excluding carboxylic acids is 1. The number of morpholine rings is 1. The minimum atomic E-state index is -0.417. The highest BCUT2D eigenvalue weighted by molar-refractivity contribution is 7.22. The quantitative estimate of drug-likeness (QED) is 0.553. The molecule has 0 N–H and O–H groups in total. The van der Waals surface area contributed by atoms with E-state index in [0.29, 0.717) is 44.6 Å². The van der Waals surface area contributed by atoms with E-state index >= 15 is 0 Å². The molecule has 8 heteroatoms. The molecule has 1 saturated heterocycles. The molecule has 2 heterocycles. The average Bonchev–Trinajstić information content (AvgIpc) is 3.08. The van der Waals surface area contributed by atoms with E-state index in [9.17, 15) is 9.18 Å². The summed E-state index contributed by atoms with van der Waals surface area (Å²) >= 11 is 1.53. The predicted molar refractivity (Wildman–Crippen MR) is 94.0 cm³/mol. The number of fused-ring (bicyclic) bond motifs is 1. The number of aromatic nitrogens is 1. The van der Waals surface area contributed by atoms with Crippen molar-refractivity contribution in [3.63, 3.8) is 0 Å². The molecule has 25 heavy (non-hydrogen) atoms. The van der Waals surface area contributed by atoms with Gasteiger partial charge < -0.3 is 19.1 Å². The van der Waals surface area contributed by atoms with Crippen molar-refractivity contribution in [3.05, 3.63) is 17.9 Å². The van der Waals surface area contributed by atoms with E-state index in [1.165, 1.54) is 24.5 Å². The van der Waals surface area contributed by atoms with E-state index in [2.05, 4.69) is 14.6 Å². The summed E-state index contributed by atoms with van der Waals surface area (Å²) in [5.41, 5.74) is 0.555. The minimum absolute atomic E-state index is 0.186. The molecule has 1 aliphatic heterocycles. The Bertz CT molecular complexity index is 731. The van der Waals surface area contributed by atoms with Crippen LogP contribution >= 0.6 is 11.3 Å². The van der Waals surface area contributed by atoms with Crippen LogP contribution < -0.4 is 9.64 Å². The van der Waals surface area contributed by atoms with Crippen molar-refractivity contribution in [2.24, 2.45) is 0 Å². The molecule has 0 bridgehead atoms. The number of rotatable bonds is 7. The van der Waals surface area contributed by atoms with E-state index in [1.54, 1.807) is 6.07 Å². The summed E-state index contributed by atoms with van der Waals surface area (Å²) in [4.78, 5) is 17.8. The first-order chi connectivity index (χ1) is 12.2. The summed E-state index contributed by atoms with van der Waals surface area (Å²) < 4.78 is 30.7. The maximum Gasteiger partial charge on any atom is 0.305 e. The van der Waals surface area contributed by atoms with Gasteiger partial charge in [0.15, 0.2) is 16.7 Å². The van der Waals surface area contributed by atoms with Crippen LogP contribution in [0.15, 0.2) is 12.1 Å². The zero-order valence-electron chi connectivity index (χ0n) is 14.1. The fraction of sp³-hybridized carbons (Fsp3) is 0.529. The van der Waals surface area contributed by atoms with Crippen LogP contribution in [0.2, 0.25) is 0 Å². The Morgan fingerprint density at radius 2 is 2.16 bits per heavy atom. The number of anilines is 1. The number of esters is 1. The van der Waals surface area contributed by atoms with Crippen LogP contribution in [0.1, 0.15) is 19.3 Å². The number of thiazole rings is 1. The SMILES string of the molecule is COC(=O)CCCCOc1c(F)ccc2sc(N3CCOCC3)nc12. The van der Waals surface area contributed by atoms with Gasteiger partial charge in [0.05, 0.1) is 31.6 Å². The van der Waals surface area contributed by atoms with Gasteiger partial charge in [-0.05, 0) is 25.0 Å². The molecule has 0 aliphatic carbocycles. The van der Waals surface area contributed by atoms with E-state index in [4.69, 9.17) is 9.47 Å². The number of halogens is 1. The van der Waals surface area contributed by atoms with Gasteiger partial charge >= 0.3 is 5.97 Å². The monoisotopic (exact) mass is 368 g/mol. The second-order valence-corrected chi connectivity index (χ2v) is 6.71. The molecule has 6 nitrogen and oxygen atoms in total. The average molecular weight is 368 g/mol. The molecule has 1 aromatic carbocycles. The number of unbranched alkanes of at least 4 members (excludes halogenated alkanes) is 1. The first kappa shape index (κ1) is 17.9. The number of hydrogen-bond donors (Lipinski definition) is 0. The molecule has 1 aliphatic rings. The second kappa shape index (κ2) is 8.44. The summed E-state index contributed by atoms with van der Waals surface area (Å²) in [5, 5.41) is 0.861. The topological polar surface area (TPSA) is 60.9 Å². The second-order valence-electron chi connectivity index (χ2n) is 5.70. The molecule has 2 aromatic rings. The van der Waals surface area contributed by atoms with E-state index in [1.807, 2.05) is 0 Å². The summed E-state index contributed by atoms with van der Waals surface area (Å²) in [6, 6.07) is 3.14. The molecule has 136 valence electrons. The predicted octanol–water partition coefficient (Wildman–Crippen LogP) is 2.99. The maximum atomic E-state index is 14.2. The Balaban J connectivity index is 1.67. The van der Waals surface area contributed by atoms with Crippen molar-refractivity contribution >= 4 is 32.7 Å². The standard InChI is InChI=1S/C17H21FN2O4S/c1-22-14(21)4-2-3-9-24-16-12(18)5-6-13-15(16)19-17(25-13)20-7-10-23-11-8-20/h5-6H,2-4,7-11H2,1H3. The normalized spacial score (nSPS) is 14.7. The lowest BCUT2D eigenvalue weighted by Crippen LogP contribution is -2.36. The van der Waals surface area contributed by atoms with Crippen LogP contribution in [0.25, 0.3) is 10.2 Å². The first-order valence-electron chi connectivity index (χ1n) is 8.30. The van der Waals surface area contributed by atoms with Gasteiger partial charge in [-0.3, -0.25) is 4.79 Å². The number of methoxy groups -OCH3 is 1. The molecule has 0 spiro atoms. The van der Waals surface area contributed by atoms with Crippen LogP contribution in [0, 0.1) is 5.82 Å². The zero-order valence-corrected chi connectivity index (χ0v) is 14.9. The summed E-state index contributed by atoms with van der Waals surface area (Å²) in [5.74, 6) is -0.478. The smallest absolute Gasteiger partial charge is 0.305 e. The third kappa shape index (κ3) is 4.38. The van der Waals surface area contributed by atoms with E-state index in [0.717, 1.165) is 22.9 Å². The van der Waals surface area contributed by atoms with Crippen LogP contribution in [0.3, 0.4) is 0 Å².